The molecule has 2 aliphatic rings. The summed E-state index contributed by atoms with van der Waals surface area (Å²) < 4.78 is 31.5. The summed E-state index contributed by atoms with van der Waals surface area (Å²) >= 11 is 0. The van der Waals surface area contributed by atoms with Gasteiger partial charge in [-0.2, -0.15) is 0 Å². The van der Waals surface area contributed by atoms with Crippen LogP contribution in [0.2, 0.25) is 0 Å². The van der Waals surface area contributed by atoms with Crippen LogP contribution in [0.25, 0.3) is 0 Å². The molecule has 1 saturated carbocycles. The topological polar surface area (TPSA) is 116 Å². The summed E-state index contributed by atoms with van der Waals surface area (Å²) in [6.07, 6.45) is 2.45. The molecular weight excluding hydrogens is 434 g/mol. The predicted octanol–water partition coefficient (Wildman–Crippen LogP) is 1.08. The second kappa shape index (κ2) is 9.76. The van der Waals surface area contributed by atoms with Gasteiger partial charge < -0.3 is 20.1 Å². The number of nitrogens with zero attached hydrogens (tertiary/aromatic N) is 2. The lowest BCUT2D eigenvalue weighted by Gasteiger charge is -2.33. The summed E-state index contributed by atoms with van der Waals surface area (Å²) in [5.41, 5.74) is 1.20. The fourth-order valence-corrected chi connectivity index (χ4v) is 4.12. The SMILES string of the molecule is C[C@H](CO)N1C[C@H](C)[C@@H](CN(C)S(C)(=O)=O)Oc2ccc(NC(=O)C3CC3)cc2CC1=O. The lowest BCUT2D eigenvalue weighted by molar-refractivity contribution is -0.134. The molecule has 0 saturated heterocycles. The molecular formula is C22H33N3O6S. The van der Waals surface area contributed by atoms with Crippen molar-refractivity contribution in [3.05, 3.63) is 23.8 Å². The first-order valence-corrected chi connectivity index (χ1v) is 12.8. The van der Waals surface area contributed by atoms with E-state index in [1.54, 1.807) is 30.0 Å². The van der Waals surface area contributed by atoms with Gasteiger partial charge in [-0.25, -0.2) is 12.7 Å². The molecule has 3 atom stereocenters. The number of carbonyl (C=O) groups excluding carboxylic acids is 2. The van der Waals surface area contributed by atoms with E-state index in [4.69, 9.17) is 4.74 Å². The van der Waals surface area contributed by atoms with Gasteiger partial charge in [0.1, 0.15) is 11.9 Å². The molecule has 0 bridgehead atoms. The lowest BCUT2D eigenvalue weighted by atomic mass is 10.0. The monoisotopic (exact) mass is 467 g/mol. The molecule has 1 aliphatic heterocycles. The maximum atomic E-state index is 13.1. The maximum absolute atomic E-state index is 13.1. The van der Waals surface area contributed by atoms with Crippen LogP contribution in [-0.2, 0) is 26.0 Å². The number of fused-ring (bicyclic) bond motifs is 1. The zero-order valence-corrected chi connectivity index (χ0v) is 19.9. The van der Waals surface area contributed by atoms with E-state index >= 15 is 0 Å². The molecule has 0 radical (unpaired) electrons. The quantitative estimate of drug-likeness (QED) is 0.620. The van der Waals surface area contributed by atoms with Crippen molar-refractivity contribution in [1.29, 1.82) is 0 Å². The van der Waals surface area contributed by atoms with Gasteiger partial charge in [-0.1, -0.05) is 6.92 Å². The Balaban J connectivity index is 1.94. The zero-order valence-electron chi connectivity index (χ0n) is 19.1. The molecule has 1 aliphatic carbocycles. The number of likely N-dealkylation sites (N-methyl/N-ethyl adjacent to an activating group) is 1. The number of aliphatic hydroxyl groups is 1. The Hall–Kier alpha value is -2.17. The minimum atomic E-state index is -3.42. The number of hydrogen-bond donors (Lipinski definition) is 2. The fourth-order valence-electron chi connectivity index (χ4n) is 3.70. The van der Waals surface area contributed by atoms with Gasteiger partial charge in [0, 0.05) is 36.7 Å². The van der Waals surface area contributed by atoms with Gasteiger partial charge in [-0.3, -0.25) is 9.59 Å². The summed E-state index contributed by atoms with van der Waals surface area (Å²) in [5, 5.41) is 12.6. The summed E-state index contributed by atoms with van der Waals surface area (Å²) in [7, 11) is -1.92. The van der Waals surface area contributed by atoms with Crippen molar-refractivity contribution in [3.8, 4) is 5.75 Å². The summed E-state index contributed by atoms with van der Waals surface area (Å²) in [4.78, 5) is 26.9. The molecule has 2 N–H and O–H groups in total. The van der Waals surface area contributed by atoms with Crippen molar-refractivity contribution in [1.82, 2.24) is 9.21 Å². The van der Waals surface area contributed by atoms with E-state index in [1.165, 1.54) is 11.4 Å². The number of rotatable bonds is 7. The number of ether oxygens (including phenoxy) is 1. The Morgan fingerprint density at radius 2 is 2.06 bits per heavy atom. The second-order valence-corrected chi connectivity index (χ2v) is 11.1. The molecule has 0 spiro atoms. The number of amides is 2. The molecule has 3 rings (SSSR count). The minimum Gasteiger partial charge on any atom is -0.488 e. The first-order chi connectivity index (χ1) is 15.0. The normalized spacial score (nSPS) is 22.9. The Bertz CT molecular complexity index is 962. The van der Waals surface area contributed by atoms with Crippen LogP contribution in [-0.4, -0.2) is 79.7 Å². The third-order valence-corrected chi connectivity index (χ3v) is 7.42. The van der Waals surface area contributed by atoms with Gasteiger partial charge in [-0.15, -0.1) is 0 Å². The van der Waals surface area contributed by atoms with E-state index in [2.05, 4.69) is 5.32 Å². The van der Waals surface area contributed by atoms with Crippen molar-refractivity contribution < 1.29 is 27.9 Å². The summed E-state index contributed by atoms with van der Waals surface area (Å²) in [5.74, 6) is 0.149. The molecule has 32 heavy (non-hydrogen) atoms. The van der Waals surface area contributed by atoms with Crippen molar-refractivity contribution >= 4 is 27.5 Å². The number of aliphatic hydroxyl groups excluding tert-OH is 1. The van der Waals surface area contributed by atoms with E-state index in [0.29, 0.717) is 23.5 Å². The summed E-state index contributed by atoms with van der Waals surface area (Å²) in [6.45, 7) is 3.93. The second-order valence-electron chi connectivity index (χ2n) is 9.02. The van der Waals surface area contributed by atoms with E-state index in [-0.39, 0.29) is 43.2 Å². The van der Waals surface area contributed by atoms with E-state index in [9.17, 15) is 23.1 Å². The lowest BCUT2D eigenvalue weighted by Crippen LogP contribution is -2.48. The van der Waals surface area contributed by atoms with Gasteiger partial charge in [0.2, 0.25) is 21.8 Å². The number of nitrogens with one attached hydrogen (secondary N) is 1. The highest BCUT2D eigenvalue weighted by Crippen LogP contribution is 2.32. The highest BCUT2D eigenvalue weighted by Gasteiger charge is 2.33. The first-order valence-electron chi connectivity index (χ1n) is 10.9. The highest BCUT2D eigenvalue weighted by molar-refractivity contribution is 7.88. The minimum absolute atomic E-state index is 0.0305. The molecule has 0 aromatic heterocycles. The molecule has 1 aromatic rings. The molecule has 178 valence electrons. The standard InChI is InChI=1S/C22H33N3O6S/c1-14-11-25(15(2)13-26)21(27)10-17-9-18(23-22(28)16-5-6-16)7-8-19(17)31-20(14)12-24(3)32(4,29)30/h7-9,14-16,20,26H,5-6,10-13H2,1-4H3,(H,23,28)/t14-,15+,20+/m0/s1. The van der Waals surface area contributed by atoms with Gasteiger partial charge in [0.05, 0.1) is 31.9 Å². The van der Waals surface area contributed by atoms with Crippen molar-refractivity contribution in [2.45, 2.75) is 45.3 Å². The van der Waals surface area contributed by atoms with E-state index in [0.717, 1.165) is 19.1 Å². The van der Waals surface area contributed by atoms with E-state index in [1.807, 2.05) is 6.92 Å². The van der Waals surface area contributed by atoms with Crippen LogP contribution in [0.3, 0.4) is 0 Å². The van der Waals surface area contributed by atoms with Crippen LogP contribution in [0.5, 0.6) is 5.75 Å². The molecule has 1 heterocycles. The van der Waals surface area contributed by atoms with Gasteiger partial charge in [-0.05, 0) is 38.0 Å². The number of carbonyl (C=O) groups is 2. The summed E-state index contributed by atoms with van der Waals surface area (Å²) in [6, 6.07) is 4.80. The van der Waals surface area contributed by atoms with Gasteiger partial charge in [0.15, 0.2) is 0 Å². The number of benzene rings is 1. The van der Waals surface area contributed by atoms with Gasteiger partial charge in [0.25, 0.3) is 0 Å². The molecule has 2 amide bonds. The molecule has 1 aromatic carbocycles. The maximum Gasteiger partial charge on any atom is 0.227 e. The molecule has 10 heteroatoms. The van der Waals surface area contributed by atoms with Crippen LogP contribution in [0.4, 0.5) is 5.69 Å². The largest absolute Gasteiger partial charge is 0.488 e. The average Bonchev–Trinajstić information content (AvgIpc) is 3.56. The van der Waals surface area contributed by atoms with Gasteiger partial charge >= 0.3 is 0 Å². The van der Waals surface area contributed by atoms with Crippen molar-refractivity contribution in [2.24, 2.45) is 11.8 Å². The Morgan fingerprint density at radius 3 is 2.66 bits per heavy atom. The average molecular weight is 468 g/mol. The van der Waals surface area contributed by atoms with Crippen LogP contribution >= 0.6 is 0 Å². The smallest absolute Gasteiger partial charge is 0.227 e. The Kier molecular flexibility index (Phi) is 7.46. The zero-order chi connectivity index (χ0) is 23.6. The molecule has 1 fully saturated rings. The Labute approximate surface area is 189 Å². The van der Waals surface area contributed by atoms with E-state index < -0.39 is 22.2 Å². The predicted molar refractivity (Wildman–Crippen MR) is 121 cm³/mol. The first kappa shape index (κ1) is 24.5. The third kappa shape index (κ3) is 5.99. The van der Waals surface area contributed by atoms with Crippen LogP contribution in [0.15, 0.2) is 18.2 Å². The van der Waals surface area contributed by atoms with Crippen LogP contribution in [0.1, 0.15) is 32.3 Å². The fraction of sp³-hybridized carbons (Fsp3) is 0.636. The number of anilines is 1. The third-order valence-electron chi connectivity index (χ3n) is 6.14. The number of sulfonamides is 1. The highest BCUT2D eigenvalue weighted by atomic mass is 32.2. The van der Waals surface area contributed by atoms with Crippen LogP contribution < -0.4 is 10.1 Å². The number of hydrogen-bond acceptors (Lipinski definition) is 6. The molecule has 0 unspecified atom stereocenters. The van der Waals surface area contributed by atoms with Crippen LogP contribution in [0, 0.1) is 11.8 Å². The van der Waals surface area contributed by atoms with Crippen molar-refractivity contribution in [3.63, 3.8) is 0 Å². The Morgan fingerprint density at radius 1 is 1.38 bits per heavy atom. The molecule has 9 nitrogen and oxygen atoms in total. The van der Waals surface area contributed by atoms with Crippen molar-refractivity contribution in [2.75, 3.05) is 38.3 Å².